The zero-order valence-corrected chi connectivity index (χ0v) is 11.6. The highest BCUT2D eigenvalue weighted by Gasteiger charge is 2.40. The highest BCUT2D eigenvalue weighted by Crippen LogP contribution is 2.39. The molecule has 2 nitrogen and oxygen atoms in total. The van der Waals surface area contributed by atoms with Crippen LogP contribution in [0.1, 0.15) is 39.2 Å². The van der Waals surface area contributed by atoms with Crippen molar-refractivity contribution in [1.82, 2.24) is 0 Å². The van der Waals surface area contributed by atoms with Crippen LogP contribution in [-0.4, -0.2) is 12.1 Å². The van der Waals surface area contributed by atoms with Gasteiger partial charge >= 0.3 is 0 Å². The highest BCUT2D eigenvalue weighted by atomic mass is 15.2. The summed E-state index contributed by atoms with van der Waals surface area (Å²) in [6.45, 7) is 7.76. The van der Waals surface area contributed by atoms with Crippen molar-refractivity contribution in [3.8, 4) is 6.07 Å². The van der Waals surface area contributed by atoms with E-state index >= 15 is 0 Å². The second kappa shape index (κ2) is 5.02. The van der Waals surface area contributed by atoms with E-state index < -0.39 is 0 Å². The van der Waals surface area contributed by atoms with E-state index in [1.807, 2.05) is 0 Å². The van der Waals surface area contributed by atoms with Crippen LogP contribution in [0.25, 0.3) is 0 Å². The minimum absolute atomic E-state index is 0.0868. The minimum atomic E-state index is 0.0868. The van der Waals surface area contributed by atoms with Crippen molar-refractivity contribution in [3.05, 3.63) is 29.8 Å². The zero-order valence-electron chi connectivity index (χ0n) is 11.6. The molecular weight excluding hydrogens is 220 g/mol. The predicted octanol–water partition coefficient (Wildman–Crippen LogP) is 3.77. The Morgan fingerprint density at radius 2 is 2.00 bits per heavy atom. The van der Waals surface area contributed by atoms with Gasteiger partial charge in [0.15, 0.2) is 0 Å². The third-order valence-electron chi connectivity index (χ3n) is 4.39. The smallest absolute Gasteiger partial charge is 0.0625 e. The Hall–Kier alpha value is -1.49. The van der Waals surface area contributed by atoms with Crippen LogP contribution < -0.4 is 4.90 Å². The summed E-state index contributed by atoms with van der Waals surface area (Å²) in [5.74, 6) is 0.480. The molecule has 1 unspecified atom stereocenters. The van der Waals surface area contributed by atoms with Gasteiger partial charge in [-0.3, -0.25) is 0 Å². The van der Waals surface area contributed by atoms with E-state index in [2.05, 4.69) is 56.0 Å². The molecule has 1 heterocycles. The van der Waals surface area contributed by atoms with Gasteiger partial charge in [-0.1, -0.05) is 19.1 Å². The molecule has 0 saturated carbocycles. The van der Waals surface area contributed by atoms with Gasteiger partial charge in [0, 0.05) is 24.2 Å². The van der Waals surface area contributed by atoms with E-state index in [0.717, 1.165) is 19.4 Å². The monoisotopic (exact) mass is 242 g/mol. The molecule has 1 aliphatic rings. The Bertz CT molecular complexity index is 439. The predicted molar refractivity (Wildman–Crippen MR) is 75.6 cm³/mol. The molecular formula is C16H22N2. The number of hydrogen-bond acceptors (Lipinski definition) is 2. The maximum absolute atomic E-state index is 8.92. The fourth-order valence-electron chi connectivity index (χ4n) is 2.98. The lowest BCUT2D eigenvalue weighted by Gasteiger charge is -2.37. The third kappa shape index (κ3) is 2.22. The number of hydrogen-bond donors (Lipinski definition) is 0. The lowest BCUT2D eigenvalue weighted by molar-refractivity contribution is 0.371. The average Bonchev–Trinajstić information content (AvgIpc) is 2.66. The van der Waals surface area contributed by atoms with Crippen molar-refractivity contribution in [3.63, 3.8) is 0 Å². The normalized spacial score (nSPS) is 21.9. The first kappa shape index (κ1) is 13.0. The lowest BCUT2D eigenvalue weighted by Crippen LogP contribution is -2.42. The van der Waals surface area contributed by atoms with Gasteiger partial charge in [-0.2, -0.15) is 5.26 Å². The van der Waals surface area contributed by atoms with Crippen LogP contribution in [0.5, 0.6) is 0 Å². The quantitative estimate of drug-likeness (QED) is 0.806. The van der Waals surface area contributed by atoms with Crippen molar-refractivity contribution < 1.29 is 0 Å². The number of benzene rings is 1. The first-order valence-electron chi connectivity index (χ1n) is 6.83. The number of nitriles is 1. The maximum Gasteiger partial charge on any atom is 0.0625 e. The van der Waals surface area contributed by atoms with Crippen molar-refractivity contribution in [1.29, 1.82) is 5.26 Å². The molecule has 1 aliphatic heterocycles. The fraction of sp³-hybridized carbons (Fsp3) is 0.562. The topological polar surface area (TPSA) is 27.0 Å². The molecule has 0 aromatic heterocycles. The molecule has 0 spiro atoms. The van der Waals surface area contributed by atoms with Crippen LogP contribution in [0.2, 0.25) is 0 Å². The summed E-state index contributed by atoms with van der Waals surface area (Å²) in [5, 5.41) is 8.92. The zero-order chi connectivity index (χ0) is 13.2. The van der Waals surface area contributed by atoms with Crippen LogP contribution >= 0.6 is 0 Å². The molecule has 1 aromatic rings. The summed E-state index contributed by atoms with van der Waals surface area (Å²) in [6, 6.07) is 11.2. The van der Waals surface area contributed by atoms with Crippen molar-refractivity contribution in [2.75, 3.05) is 11.4 Å². The fourth-order valence-corrected chi connectivity index (χ4v) is 2.98. The van der Waals surface area contributed by atoms with Crippen LogP contribution in [0, 0.1) is 17.2 Å². The van der Waals surface area contributed by atoms with Crippen LogP contribution in [0.3, 0.4) is 0 Å². The SMILES string of the molecule is CCc1ccc(N2CCC(CC#N)C2(C)C)cc1. The van der Waals surface area contributed by atoms with Gasteiger partial charge in [0.25, 0.3) is 0 Å². The largest absolute Gasteiger partial charge is 0.366 e. The molecule has 0 amide bonds. The van der Waals surface area contributed by atoms with Gasteiger partial charge in [0.2, 0.25) is 0 Å². The summed E-state index contributed by atoms with van der Waals surface area (Å²) in [5.41, 5.74) is 2.76. The van der Waals surface area contributed by atoms with E-state index in [9.17, 15) is 0 Å². The molecule has 0 aliphatic carbocycles. The molecule has 1 atom stereocenters. The van der Waals surface area contributed by atoms with Gasteiger partial charge in [-0.05, 0) is 50.3 Å². The number of rotatable bonds is 3. The van der Waals surface area contributed by atoms with E-state index in [1.54, 1.807) is 0 Å². The van der Waals surface area contributed by atoms with E-state index in [0.29, 0.717) is 12.3 Å². The van der Waals surface area contributed by atoms with Crippen molar-refractivity contribution in [2.45, 2.75) is 45.6 Å². The van der Waals surface area contributed by atoms with Crippen molar-refractivity contribution >= 4 is 5.69 Å². The Morgan fingerprint density at radius 3 is 2.56 bits per heavy atom. The van der Waals surface area contributed by atoms with Gasteiger partial charge in [-0.15, -0.1) is 0 Å². The Labute approximate surface area is 110 Å². The summed E-state index contributed by atoms with van der Waals surface area (Å²) >= 11 is 0. The molecule has 2 heteroatoms. The Kier molecular flexibility index (Phi) is 3.61. The molecule has 2 rings (SSSR count). The first-order valence-corrected chi connectivity index (χ1v) is 6.83. The lowest BCUT2D eigenvalue weighted by atomic mass is 9.86. The van der Waals surface area contributed by atoms with Gasteiger partial charge in [0.1, 0.15) is 0 Å². The standard InChI is InChI=1S/C16H22N2/c1-4-13-5-7-15(8-6-13)18-12-10-14(9-11-17)16(18,2)3/h5-8,14H,4,9-10,12H2,1-3H3. The summed E-state index contributed by atoms with van der Waals surface area (Å²) in [4.78, 5) is 2.45. The van der Waals surface area contributed by atoms with Crippen LogP contribution in [0.4, 0.5) is 5.69 Å². The molecule has 96 valence electrons. The molecule has 1 saturated heterocycles. The third-order valence-corrected chi connectivity index (χ3v) is 4.39. The number of aryl methyl sites for hydroxylation is 1. The molecule has 1 aromatic carbocycles. The van der Waals surface area contributed by atoms with Crippen molar-refractivity contribution in [2.24, 2.45) is 5.92 Å². The first-order chi connectivity index (χ1) is 8.59. The highest BCUT2D eigenvalue weighted by molar-refractivity contribution is 5.51. The van der Waals surface area contributed by atoms with Crippen LogP contribution in [-0.2, 0) is 6.42 Å². The summed E-state index contributed by atoms with van der Waals surface area (Å²) < 4.78 is 0. The molecule has 0 bridgehead atoms. The van der Waals surface area contributed by atoms with Gasteiger partial charge < -0.3 is 4.90 Å². The van der Waals surface area contributed by atoms with Gasteiger partial charge in [0.05, 0.1) is 6.07 Å². The minimum Gasteiger partial charge on any atom is -0.366 e. The molecule has 1 fully saturated rings. The molecule has 0 radical (unpaired) electrons. The van der Waals surface area contributed by atoms with E-state index in [4.69, 9.17) is 5.26 Å². The second-order valence-corrected chi connectivity index (χ2v) is 5.67. The number of anilines is 1. The van der Waals surface area contributed by atoms with Crippen LogP contribution in [0.15, 0.2) is 24.3 Å². The maximum atomic E-state index is 8.92. The Balaban J connectivity index is 2.21. The number of nitrogens with zero attached hydrogens (tertiary/aromatic N) is 2. The average molecular weight is 242 g/mol. The van der Waals surface area contributed by atoms with E-state index in [-0.39, 0.29) is 5.54 Å². The van der Waals surface area contributed by atoms with Gasteiger partial charge in [-0.25, -0.2) is 0 Å². The summed E-state index contributed by atoms with van der Waals surface area (Å²) in [7, 11) is 0. The second-order valence-electron chi connectivity index (χ2n) is 5.67. The molecule has 18 heavy (non-hydrogen) atoms. The van der Waals surface area contributed by atoms with E-state index in [1.165, 1.54) is 11.3 Å². The molecule has 0 N–H and O–H groups in total. The Morgan fingerprint density at radius 1 is 1.33 bits per heavy atom. The summed E-state index contributed by atoms with van der Waals surface area (Å²) in [6.07, 6.45) is 2.87.